The first-order valence-corrected chi connectivity index (χ1v) is 5.21. The molecular weight excluding hydrogens is 180 g/mol. The maximum atomic E-state index is 9.52. The van der Waals surface area contributed by atoms with E-state index in [9.17, 15) is 5.11 Å². The van der Waals surface area contributed by atoms with E-state index in [4.69, 9.17) is 4.74 Å². The monoisotopic (exact) mass is 204 g/mol. The lowest BCUT2D eigenvalue weighted by Gasteiger charge is -2.18. The van der Waals surface area contributed by atoms with Gasteiger partial charge in [-0.2, -0.15) is 0 Å². The molecule has 0 saturated carbocycles. The number of hydrogen-bond donors (Lipinski definition) is 2. The number of aliphatic hydroxyl groups is 1. The lowest BCUT2D eigenvalue weighted by molar-refractivity contribution is 0.0705. The Morgan fingerprint density at radius 1 is 1.36 bits per heavy atom. The standard InChI is InChI=1S/C10H24N2O2/c1-5-14-9(2)6-11-7-10(13)8-12(3)4/h9-11,13H,5-8H2,1-4H3. The highest BCUT2D eigenvalue weighted by molar-refractivity contribution is 4.64. The van der Waals surface area contributed by atoms with Crippen molar-refractivity contribution >= 4 is 0 Å². The quantitative estimate of drug-likeness (QED) is 0.581. The summed E-state index contributed by atoms with van der Waals surface area (Å²) >= 11 is 0. The molecule has 2 unspecified atom stereocenters. The van der Waals surface area contributed by atoms with Crippen LogP contribution in [0, 0.1) is 0 Å². The van der Waals surface area contributed by atoms with E-state index in [-0.39, 0.29) is 12.2 Å². The maximum absolute atomic E-state index is 9.52. The average molecular weight is 204 g/mol. The van der Waals surface area contributed by atoms with Crippen LogP contribution in [-0.4, -0.2) is 62.6 Å². The van der Waals surface area contributed by atoms with Crippen LogP contribution < -0.4 is 5.32 Å². The molecule has 0 fully saturated rings. The van der Waals surface area contributed by atoms with Gasteiger partial charge in [-0.25, -0.2) is 0 Å². The lowest BCUT2D eigenvalue weighted by Crippen LogP contribution is -2.38. The zero-order valence-electron chi connectivity index (χ0n) is 9.79. The van der Waals surface area contributed by atoms with Gasteiger partial charge in [0, 0.05) is 26.2 Å². The first-order chi connectivity index (χ1) is 6.56. The molecule has 0 aromatic rings. The van der Waals surface area contributed by atoms with Crippen LogP contribution >= 0.6 is 0 Å². The number of ether oxygens (including phenoxy) is 1. The second kappa shape index (κ2) is 8.17. The molecule has 0 saturated heterocycles. The van der Waals surface area contributed by atoms with Crippen LogP contribution in [0.25, 0.3) is 0 Å². The van der Waals surface area contributed by atoms with E-state index in [1.807, 2.05) is 32.8 Å². The third-order valence-corrected chi connectivity index (χ3v) is 1.84. The van der Waals surface area contributed by atoms with Gasteiger partial charge in [0.1, 0.15) is 0 Å². The van der Waals surface area contributed by atoms with Crippen molar-refractivity contribution in [2.24, 2.45) is 0 Å². The van der Waals surface area contributed by atoms with E-state index in [1.54, 1.807) is 0 Å². The van der Waals surface area contributed by atoms with Crippen molar-refractivity contribution < 1.29 is 9.84 Å². The Morgan fingerprint density at radius 3 is 2.50 bits per heavy atom. The summed E-state index contributed by atoms with van der Waals surface area (Å²) in [5, 5.41) is 12.7. The van der Waals surface area contributed by atoms with Gasteiger partial charge >= 0.3 is 0 Å². The first kappa shape index (κ1) is 13.8. The third kappa shape index (κ3) is 8.44. The second-order valence-electron chi connectivity index (χ2n) is 3.84. The Balaban J connectivity index is 3.34. The molecule has 14 heavy (non-hydrogen) atoms. The smallest absolute Gasteiger partial charge is 0.0791 e. The van der Waals surface area contributed by atoms with Gasteiger partial charge in [0.2, 0.25) is 0 Å². The van der Waals surface area contributed by atoms with Crippen molar-refractivity contribution in [3.05, 3.63) is 0 Å². The topological polar surface area (TPSA) is 44.7 Å². The molecule has 4 heteroatoms. The van der Waals surface area contributed by atoms with Crippen LogP contribution in [0.5, 0.6) is 0 Å². The van der Waals surface area contributed by atoms with Crippen LogP contribution in [0.2, 0.25) is 0 Å². The Morgan fingerprint density at radius 2 is 2.00 bits per heavy atom. The fourth-order valence-electron chi connectivity index (χ4n) is 1.28. The molecule has 0 amide bonds. The van der Waals surface area contributed by atoms with Gasteiger partial charge in [-0.05, 0) is 27.9 Å². The predicted octanol–water partition coefficient (Wildman–Crippen LogP) is -0.0765. The highest BCUT2D eigenvalue weighted by atomic mass is 16.5. The van der Waals surface area contributed by atoms with Gasteiger partial charge in [-0.15, -0.1) is 0 Å². The Kier molecular flexibility index (Phi) is 8.08. The SMILES string of the molecule is CCOC(C)CNCC(O)CN(C)C. The van der Waals surface area contributed by atoms with Crippen molar-refractivity contribution in [1.82, 2.24) is 10.2 Å². The van der Waals surface area contributed by atoms with E-state index in [1.165, 1.54) is 0 Å². The van der Waals surface area contributed by atoms with Crippen molar-refractivity contribution in [3.63, 3.8) is 0 Å². The van der Waals surface area contributed by atoms with Gasteiger partial charge in [-0.1, -0.05) is 0 Å². The molecule has 0 aliphatic rings. The van der Waals surface area contributed by atoms with Crippen molar-refractivity contribution in [2.45, 2.75) is 26.1 Å². The molecule has 86 valence electrons. The molecule has 0 aromatic carbocycles. The fraction of sp³-hybridized carbons (Fsp3) is 1.00. The summed E-state index contributed by atoms with van der Waals surface area (Å²) in [5.74, 6) is 0. The van der Waals surface area contributed by atoms with Crippen molar-refractivity contribution in [3.8, 4) is 0 Å². The average Bonchev–Trinajstić information content (AvgIpc) is 2.02. The molecule has 2 atom stereocenters. The largest absolute Gasteiger partial charge is 0.390 e. The molecule has 0 radical (unpaired) electrons. The second-order valence-corrected chi connectivity index (χ2v) is 3.84. The normalized spacial score (nSPS) is 15.9. The maximum Gasteiger partial charge on any atom is 0.0791 e. The van der Waals surface area contributed by atoms with Crippen LogP contribution in [0.3, 0.4) is 0 Å². The Labute approximate surface area is 87.2 Å². The van der Waals surface area contributed by atoms with Gasteiger partial charge in [0.15, 0.2) is 0 Å². The van der Waals surface area contributed by atoms with Gasteiger partial charge in [0.25, 0.3) is 0 Å². The van der Waals surface area contributed by atoms with Crippen LogP contribution in [0.4, 0.5) is 0 Å². The minimum atomic E-state index is -0.307. The van der Waals surface area contributed by atoms with Gasteiger partial charge < -0.3 is 20.1 Å². The molecule has 0 bridgehead atoms. The van der Waals surface area contributed by atoms with Crippen molar-refractivity contribution in [2.75, 3.05) is 40.3 Å². The summed E-state index contributed by atoms with van der Waals surface area (Å²) in [6.45, 7) is 6.85. The summed E-state index contributed by atoms with van der Waals surface area (Å²) in [7, 11) is 3.90. The molecule has 0 spiro atoms. The fourth-order valence-corrected chi connectivity index (χ4v) is 1.28. The molecule has 0 aliphatic heterocycles. The Bertz CT molecular complexity index is 131. The van der Waals surface area contributed by atoms with Crippen LogP contribution in [0.1, 0.15) is 13.8 Å². The number of nitrogens with one attached hydrogen (secondary N) is 1. The molecule has 0 heterocycles. The van der Waals surface area contributed by atoms with Gasteiger partial charge in [-0.3, -0.25) is 0 Å². The number of nitrogens with zero attached hydrogens (tertiary/aromatic N) is 1. The summed E-state index contributed by atoms with van der Waals surface area (Å²) in [4.78, 5) is 1.97. The zero-order valence-corrected chi connectivity index (χ0v) is 9.79. The van der Waals surface area contributed by atoms with E-state index >= 15 is 0 Å². The van der Waals surface area contributed by atoms with E-state index in [2.05, 4.69) is 5.32 Å². The minimum absolute atomic E-state index is 0.214. The molecule has 0 rings (SSSR count). The minimum Gasteiger partial charge on any atom is -0.390 e. The highest BCUT2D eigenvalue weighted by Crippen LogP contribution is 1.88. The molecule has 4 nitrogen and oxygen atoms in total. The van der Waals surface area contributed by atoms with Crippen LogP contribution in [0.15, 0.2) is 0 Å². The molecular formula is C10H24N2O2. The zero-order chi connectivity index (χ0) is 11.0. The summed E-state index contributed by atoms with van der Waals surface area (Å²) in [6, 6.07) is 0. The molecule has 2 N–H and O–H groups in total. The lowest BCUT2D eigenvalue weighted by atomic mass is 10.3. The summed E-state index contributed by atoms with van der Waals surface area (Å²) < 4.78 is 5.35. The number of hydrogen-bond acceptors (Lipinski definition) is 4. The third-order valence-electron chi connectivity index (χ3n) is 1.84. The van der Waals surface area contributed by atoms with Crippen molar-refractivity contribution in [1.29, 1.82) is 0 Å². The first-order valence-electron chi connectivity index (χ1n) is 5.21. The van der Waals surface area contributed by atoms with E-state index < -0.39 is 0 Å². The van der Waals surface area contributed by atoms with E-state index in [0.717, 1.165) is 13.2 Å². The van der Waals surface area contributed by atoms with Gasteiger partial charge in [0.05, 0.1) is 12.2 Å². The molecule has 0 aliphatic carbocycles. The van der Waals surface area contributed by atoms with Crippen LogP contribution in [-0.2, 0) is 4.74 Å². The van der Waals surface area contributed by atoms with E-state index in [0.29, 0.717) is 13.1 Å². The highest BCUT2D eigenvalue weighted by Gasteiger charge is 2.06. The number of aliphatic hydroxyl groups excluding tert-OH is 1. The summed E-state index contributed by atoms with van der Waals surface area (Å²) in [6.07, 6.45) is -0.0922. The summed E-state index contributed by atoms with van der Waals surface area (Å²) in [5.41, 5.74) is 0. The predicted molar refractivity (Wildman–Crippen MR) is 58.5 cm³/mol. The Hall–Kier alpha value is -0.160. The molecule has 0 aromatic heterocycles. The number of rotatable bonds is 8. The number of likely N-dealkylation sites (N-methyl/N-ethyl adjacent to an activating group) is 1.